The maximum Gasteiger partial charge on any atom is 0.194 e. The summed E-state index contributed by atoms with van der Waals surface area (Å²) < 4.78 is 13.9. The van der Waals surface area contributed by atoms with Gasteiger partial charge >= 0.3 is 0 Å². The summed E-state index contributed by atoms with van der Waals surface area (Å²) >= 11 is 0. The minimum absolute atomic E-state index is 0. The van der Waals surface area contributed by atoms with Crippen LogP contribution in [0.1, 0.15) is 43.7 Å². The van der Waals surface area contributed by atoms with Crippen LogP contribution in [0.4, 0.5) is 4.39 Å². The predicted octanol–water partition coefficient (Wildman–Crippen LogP) is 3.66. The highest BCUT2D eigenvalue weighted by molar-refractivity contribution is 14.0. The van der Waals surface area contributed by atoms with Crippen LogP contribution in [-0.2, 0) is 6.54 Å². The highest BCUT2D eigenvalue weighted by Gasteiger charge is 2.43. The number of nitriles is 1. The van der Waals surface area contributed by atoms with E-state index in [0.29, 0.717) is 16.5 Å². The number of benzene rings is 1. The topological polar surface area (TPSA) is 51.4 Å². The Bertz CT molecular complexity index is 649. The largest absolute Gasteiger partial charge is 0.357 e. The van der Waals surface area contributed by atoms with Crippen LogP contribution in [0.25, 0.3) is 0 Å². The van der Waals surface area contributed by atoms with Gasteiger partial charge in [0.2, 0.25) is 0 Å². The van der Waals surface area contributed by atoms with Crippen molar-refractivity contribution < 1.29 is 4.39 Å². The molecule has 1 aromatic carbocycles. The van der Waals surface area contributed by atoms with Gasteiger partial charge in [-0.25, -0.2) is 9.38 Å². The predicted molar refractivity (Wildman–Crippen MR) is 104 cm³/mol. The molecule has 0 unspecified atom stereocenters. The third kappa shape index (κ3) is 4.00. The average molecular weight is 442 g/mol. The summed E-state index contributed by atoms with van der Waals surface area (Å²) in [6, 6.07) is 6.47. The molecule has 0 bridgehead atoms. The van der Waals surface area contributed by atoms with Crippen molar-refractivity contribution in [1.29, 1.82) is 5.26 Å². The van der Waals surface area contributed by atoms with E-state index in [9.17, 15) is 4.39 Å². The standard InChI is InChI=1S/C18H23FN4.HI/c1-2-21-17(23-9-8-18(13-23)6-3-7-18)22-12-15-10-14(11-20)4-5-16(15)19;/h4-5,10H,2-3,6-9,12-13H2,1H3,(H,21,22);1H. The molecule has 1 heterocycles. The second kappa shape index (κ2) is 8.15. The Morgan fingerprint density at radius 2 is 2.21 bits per heavy atom. The second-order valence-electron chi connectivity index (χ2n) is 6.61. The van der Waals surface area contributed by atoms with E-state index in [1.165, 1.54) is 37.8 Å². The van der Waals surface area contributed by atoms with Crippen molar-refractivity contribution in [2.24, 2.45) is 10.4 Å². The molecule has 0 aromatic heterocycles. The third-order valence-corrected chi connectivity index (χ3v) is 5.06. The highest BCUT2D eigenvalue weighted by Crippen LogP contribution is 2.47. The zero-order valence-corrected chi connectivity index (χ0v) is 16.3. The van der Waals surface area contributed by atoms with Crippen molar-refractivity contribution >= 4 is 29.9 Å². The van der Waals surface area contributed by atoms with Gasteiger partial charge in [-0.2, -0.15) is 5.26 Å². The number of hydrogen-bond donors (Lipinski definition) is 1. The van der Waals surface area contributed by atoms with Crippen molar-refractivity contribution in [3.05, 3.63) is 35.1 Å². The lowest BCUT2D eigenvalue weighted by molar-refractivity contribution is 0.151. The van der Waals surface area contributed by atoms with Crippen molar-refractivity contribution in [2.75, 3.05) is 19.6 Å². The fourth-order valence-corrected chi connectivity index (χ4v) is 3.55. The van der Waals surface area contributed by atoms with Crippen LogP contribution < -0.4 is 5.32 Å². The molecule has 1 saturated heterocycles. The van der Waals surface area contributed by atoms with Crippen LogP contribution in [0.15, 0.2) is 23.2 Å². The minimum atomic E-state index is -0.305. The molecular formula is C18H24FIN4. The summed E-state index contributed by atoms with van der Waals surface area (Å²) in [6.07, 6.45) is 5.22. The molecule has 1 aromatic rings. The van der Waals surface area contributed by atoms with Gasteiger partial charge in [-0.3, -0.25) is 0 Å². The number of nitrogens with zero attached hydrogens (tertiary/aromatic N) is 3. The van der Waals surface area contributed by atoms with Gasteiger partial charge in [0.05, 0.1) is 18.2 Å². The van der Waals surface area contributed by atoms with Crippen molar-refractivity contribution in [2.45, 2.75) is 39.2 Å². The van der Waals surface area contributed by atoms with Gasteiger partial charge < -0.3 is 10.2 Å². The molecular weight excluding hydrogens is 418 g/mol. The van der Waals surface area contributed by atoms with Crippen molar-refractivity contribution in [1.82, 2.24) is 10.2 Å². The molecule has 2 fully saturated rings. The third-order valence-electron chi connectivity index (χ3n) is 5.06. The molecule has 1 saturated carbocycles. The molecule has 0 atom stereocenters. The Hall–Kier alpha value is -1.36. The molecule has 6 heteroatoms. The Kier molecular flexibility index (Phi) is 6.44. The van der Waals surface area contributed by atoms with E-state index in [2.05, 4.69) is 15.2 Å². The Balaban J connectivity index is 0.00000208. The quantitative estimate of drug-likeness (QED) is 0.442. The van der Waals surface area contributed by atoms with Gasteiger partial charge in [0.1, 0.15) is 5.82 Å². The SMILES string of the molecule is CCNC(=NCc1cc(C#N)ccc1F)N1CCC2(CCC2)C1.I. The molecule has 3 rings (SSSR count). The lowest BCUT2D eigenvalue weighted by Crippen LogP contribution is -2.42. The zero-order chi connectivity index (χ0) is 16.3. The highest BCUT2D eigenvalue weighted by atomic mass is 127. The van der Waals surface area contributed by atoms with E-state index in [4.69, 9.17) is 5.26 Å². The summed E-state index contributed by atoms with van der Waals surface area (Å²) in [7, 11) is 0. The van der Waals surface area contributed by atoms with E-state index in [1.807, 2.05) is 13.0 Å². The van der Waals surface area contributed by atoms with E-state index in [0.717, 1.165) is 25.6 Å². The second-order valence-corrected chi connectivity index (χ2v) is 6.61. The Morgan fingerprint density at radius 3 is 2.79 bits per heavy atom. The normalized spacial score (nSPS) is 18.7. The molecule has 24 heavy (non-hydrogen) atoms. The van der Waals surface area contributed by atoms with E-state index < -0.39 is 0 Å². The maximum absolute atomic E-state index is 13.9. The first-order valence-electron chi connectivity index (χ1n) is 8.37. The van der Waals surface area contributed by atoms with Gasteiger partial charge in [0.15, 0.2) is 5.96 Å². The average Bonchev–Trinajstić information content (AvgIpc) is 2.98. The molecule has 0 amide bonds. The van der Waals surface area contributed by atoms with Crippen molar-refractivity contribution in [3.63, 3.8) is 0 Å². The molecule has 1 N–H and O–H groups in total. The van der Waals surface area contributed by atoms with Crippen LogP contribution >= 0.6 is 24.0 Å². The first-order chi connectivity index (χ1) is 11.2. The number of guanidine groups is 1. The number of aliphatic imine (C=N–C) groups is 1. The Morgan fingerprint density at radius 1 is 1.42 bits per heavy atom. The monoisotopic (exact) mass is 442 g/mol. The molecule has 2 aliphatic rings. The fraction of sp³-hybridized carbons (Fsp3) is 0.556. The van der Waals surface area contributed by atoms with E-state index in [-0.39, 0.29) is 36.3 Å². The number of hydrogen-bond acceptors (Lipinski definition) is 2. The fourth-order valence-electron chi connectivity index (χ4n) is 3.55. The smallest absolute Gasteiger partial charge is 0.194 e. The summed E-state index contributed by atoms with van der Waals surface area (Å²) in [5.41, 5.74) is 1.44. The van der Waals surface area contributed by atoms with Gasteiger partial charge in [-0.15, -0.1) is 24.0 Å². The maximum atomic E-state index is 13.9. The lowest BCUT2D eigenvalue weighted by Gasteiger charge is -2.38. The van der Waals surface area contributed by atoms with Crippen LogP contribution in [0, 0.1) is 22.6 Å². The summed E-state index contributed by atoms with van der Waals surface area (Å²) in [5, 5.41) is 12.3. The molecule has 1 aliphatic carbocycles. The molecule has 130 valence electrons. The molecule has 1 spiro atoms. The van der Waals surface area contributed by atoms with Crippen LogP contribution in [0.2, 0.25) is 0 Å². The first-order valence-corrected chi connectivity index (χ1v) is 8.37. The van der Waals surface area contributed by atoms with Crippen molar-refractivity contribution in [3.8, 4) is 6.07 Å². The summed E-state index contributed by atoms with van der Waals surface area (Å²) in [4.78, 5) is 6.91. The molecule has 0 radical (unpaired) electrons. The summed E-state index contributed by atoms with van der Waals surface area (Å²) in [6.45, 7) is 5.17. The van der Waals surface area contributed by atoms with Gasteiger partial charge in [0, 0.05) is 25.2 Å². The van der Waals surface area contributed by atoms with Gasteiger partial charge in [-0.05, 0) is 49.8 Å². The van der Waals surface area contributed by atoms with Crippen LogP contribution in [0.5, 0.6) is 0 Å². The number of halogens is 2. The van der Waals surface area contributed by atoms with E-state index in [1.54, 1.807) is 6.07 Å². The first kappa shape index (κ1) is 19.0. The summed E-state index contributed by atoms with van der Waals surface area (Å²) in [5.74, 6) is 0.554. The molecule has 4 nitrogen and oxygen atoms in total. The van der Waals surface area contributed by atoms with E-state index >= 15 is 0 Å². The van der Waals surface area contributed by atoms with Crippen LogP contribution in [0.3, 0.4) is 0 Å². The molecule has 1 aliphatic heterocycles. The minimum Gasteiger partial charge on any atom is -0.357 e. The number of likely N-dealkylation sites (tertiary alicyclic amines) is 1. The zero-order valence-electron chi connectivity index (χ0n) is 14.0. The number of rotatable bonds is 3. The van der Waals surface area contributed by atoms with Gasteiger partial charge in [0.25, 0.3) is 0 Å². The lowest BCUT2D eigenvalue weighted by atomic mass is 9.68. The number of nitrogens with one attached hydrogen (secondary N) is 1. The Labute approximate surface area is 160 Å². The van der Waals surface area contributed by atoms with Gasteiger partial charge in [-0.1, -0.05) is 6.42 Å². The van der Waals surface area contributed by atoms with Crippen LogP contribution in [-0.4, -0.2) is 30.5 Å².